The van der Waals surface area contributed by atoms with Gasteiger partial charge in [0.05, 0.1) is 6.33 Å². The van der Waals surface area contributed by atoms with Crippen LogP contribution < -0.4 is 0 Å². The lowest BCUT2D eigenvalue weighted by Crippen LogP contribution is -2.19. The normalized spacial score (nSPS) is 13.4. The third-order valence-electron chi connectivity index (χ3n) is 3.78. The van der Waals surface area contributed by atoms with Crippen molar-refractivity contribution < 1.29 is 0 Å². The third-order valence-corrected chi connectivity index (χ3v) is 6.73. The SMILES string of the molecule is CCCCCCCCCSC(CSC(C)(C)C)Cn1ccnc1. The standard InChI is InChI=1S/C19H36N2S2/c1-5-6-7-8-9-10-11-14-22-18(16-23-19(2,3)4)15-21-13-12-20-17-21/h12-13,17-18H,5-11,14-16H2,1-4H3. The molecule has 0 bridgehead atoms. The molecule has 1 aromatic rings. The van der Waals surface area contributed by atoms with Crippen molar-refractivity contribution in [1.29, 1.82) is 0 Å². The number of nitrogens with zero attached hydrogens (tertiary/aromatic N) is 2. The van der Waals surface area contributed by atoms with Crippen LogP contribution in [0.15, 0.2) is 18.7 Å². The molecule has 1 heterocycles. The Kier molecular flexibility index (Phi) is 11.2. The number of imidazole rings is 1. The van der Waals surface area contributed by atoms with E-state index in [-0.39, 0.29) is 0 Å². The third kappa shape index (κ3) is 12.0. The van der Waals surface area contributed by atoms with Crippen molar-refractivity contribution >= 4 is 23.5 Å². The van der Waals surface area contributed by atoms with Gasteiger partial charge in [-0.1, -0.05) is 66.2 Å². The van der Waals surface area contributed by atoms with E-state index in [9.17, 15) is 0 Å². The molecule has 1 aromatic heterocycles. The fourth-order valence-electron chi connectivity index (χ4n) is 2.44. The average molecular weight is 357 g/mol. The molecule has 0 fully saturated rings. The van der Waals surface area contributed by atoms with Crippen LogP contribution in [0.2, 0.25) is 0 Å². The van der Waals surface area contributed by atoms with Gasteiger partial charge in [-0.15, -0.1) is 0 Å². The summed E-state index contributed by atoms with van der Waals surface area (Å²) in [4.78, 5) is 4.18. The summed E-state index contributed by atoms with van der Waals surface area (Å²) in [7, 11) is 0. The summed E-state index contributed by atoms with van der Waals surface area (Å²) in [6.45, 7) is 10.3. The quantitative estimate of drug-likeness (QED) is 0.388. The Labute approximate surface area is 152 Å². The van der Waals surface area contributed by atoms with Crippen LogP contribution in [0.25, 0.3) is 0 Å². The summed E-state index contributed by atoms with van der Waals surface area (Å²) in [6.07, 6.45) is 15.7. The van der Waals surface area contributed by atoms with Crippen LogP contribution in [0, 0.1) is 0 Å². The Hall–Kier alpha value is -0.0900. The minimum atomic E-state index is 0.354. The van der Waals surface area contributed by atoms with Gasteiger partial charge in [-0.2, -0.15) is 23.5 Å². The number of unbranched alkanes of at least 4 members (excludes halogenated alkanes) is 6. The molecule has 1 unspecified atom stereocenters. The van der Waals surface area contributed by atoms with Crippen molar-refractivity contribution in [2.75, 3.05) is 11.5 Å². The fourth-order valence-corrected chi connectivity index (χ4v) is 4.80. The van der Waals surface area contributed by atoms with Crippen LogP contribution in [-0.4, -0.2) is 31.1 Å². The van der Waals surface area contributed by atoms with Gasteiger partial charge in [0, 0.05) is 34.7 Å². The molecule has 1 rings (SSSR count). The van der Waals surface area contributed by atoms with Gasteiger partial charge in [-0.25, -0.2) is 4.98 Å². The zero-order valence-electron chi connectivity index (χ0n) is 15.6. The smallest absolute Gasteiger partial charge is 0.0946 e. The maximum atomic E-state index is 4.18. The number of hydrogen-bond donors (Lipinski definition) is 0. The van der Waals surface area contributed by atoms with Crippen molar-refractivity contribution in [3.63, 3.8) is 0 Å². The lowest BCUT2D eigenvalue weighted by atomic mass is 10.1. The summed E-state index contributed by atoms with van der Waals surface area (Å²) < 4.78 is 2.58. The van der Waals surface area contributed by atoms with E-state index in [2.05, 4.69) is 67.0 Å². The van der Waals surface area contributed by atoms with Gasteiger partial charge in [-0.05, 0) is 12.2 Å². The van der Waals surface area contributed by atoms with Crippen molar-refractivity contribution in [3.05, 3.63) is 18.7 Å². The van der Waals surface area contributed by atoms with E-state index in [1.807, 2.05) is 12.5 Å². The van der Waals surface area contributed by atoms with E-state index in [1.165, 1.54) is 56.5 Å². The molecule has 0 amide bonds. The van der Waals surface area contributed by atoms with Gasteiger partial charge in [0.1, 0.15) is 0 Å². The maximum Gasteiger partial charge on any atom is 0.0946 e. The zero-order chi connectivity index (χ0) is 17.0. The highest BCUT2D eigenvalue weighted by Crippen LogP contribution is 2.28. The molecule has 4 heteroatoms. The van der Waals surface area contributed by atoms with E-state index in [1.54, 1.807) is 0 Å². The topological polar surface area (TPSA) is 17.8 Å². The van der Waals surface area contributed by atoms with Gasteiger partial charge in [0.2, 0.25) is 0 Å². The van der Waals surface area contributed by atoms with Crippen LogP contribution >= 0.6 is 23.5 Å². The fraction of sp³-hybridized carbons (Fsp3) is 0.842. The summed E-state index contributed by atoms with van der Waals surface area (Å²) in [6, 6.07) is 0. The van der Waals surface area contributed by atoms with Gasteiger partial charge < -0.3 is 4.57 Å². The van der Waals surface area contributed by atoms with Gasteiger partial charge in [-0.3, -0.25) is 0 Å². The summed E-state index contributed by atoms with van der Waals surface area (Å²) in [5, 5.41) is 0.688. The van der Waals surface area contributed by atoms with Gasteiger partial charge >= 0.3 is 0 Å². The molecule has 134 valence electrons. The molecular formula is C19H36N2S2. The van der Waals surface area contributed by atoms with Gasteiger partial charge in [0.15, 0.2) is 0 Å². The molecule has 0 radical (unpaired) electrons. The predicted octanol–water partition coefficient (Wildman–Crippen LogP) is 6.27. The van der Waals surface area contributed by atoms with E-state index >= 15 is 0 Å². The first-order valence-electron chi connectivity index (χ1n) is 9.22. The average Bonchev–Trinajstić information content (AvgIpc) is 2.99. The predicted molar refractivity (Wildman–Crippen MR) is 109 cm³/mol. The number of aromatic nitrogens is 2. The molecule has 0 spiro atoms. The van der Waals surface area contributed by atoms with Crippen LogP contribution in [-0.2, 0) is 6.54 Å². The second-order valence-electron chi connectivity index (χ2n) is 7.30. The second-order valence-corrected chi connectivity index (χ2v) is 10.6. The lowest BCUT2D eigenvalue weighted by Gasteiger charge is -2.23. The van der Waals surface area contributed by atoms with Crippen LogP contribution in [0.5, 0.6) is 0 Å². The van der Waals surface area contributed by atoms with E-state index < -0.39 is 0 Å². The van der Waals surface area contributed by atoms with Crippen LogP contribution in [0.1, 0.15) is 72.6 Å². The molecule has 1 atom stereocenters. The van der Waals surface area contributed by atoms with Crippen molar-refractivity contribution in [3.8, 4) is 0 Å². The lowest BCUT2D eigenvalue weighted by molar-refractivity contribution is 0.603. The minimum absolute atomic E-state index is 0.354. The maximum absolute atomic E-state index is 4.18. The zero-order valence-corrected chi connectivity index (χ0v) is 17.2. The Morgan fingerprint density at radius 2 is 1.74 bits per heavy atom. The Bertz CT molecular complexity index is 371. The molecule has 0 aromatic carbocycles. The second kappa shape index (κ2) is 12.3. The van der Waals surface area contributed by atoms with E-state index in [0.29, 0.717) is 10.00 Å². The molecule has 23 heavy (non-hydrogen) atoms. The Morgan fingerprint density at radius 1 is 1.04 bits per heavy atom. The monoisotopic (exact) mass is 356 g/mol. The van der Waals surface area contributed by atoms with E-state index in [0.717, 1.165) is 6.54 Å². The molecular weight excluding hydrogens is 320 g/mol. The van der Waals surface area contributed by atoms with E-state index in [4.69, 9.17) is 0 Å². The number of hydrogen-bond acceptors (Lipinski definition) is 3. The van der Waals surface area contributed by atoms with Crippen LogP contribution in [0.4, 0.5) is 0 Å². The molecule has 0 aliphatic carbocycles. The first kappa shape index (κ1) is 21.0. The highest BCUT2D eigenvalue weighted by atomic mass is 32.2. The largest absolute Gasteiger partial charge is 0.336 e. The number of thioether (sulfide) groups is 2. The van der Waals surface area contributed by atoms with Crippen molar-refractivity contribution in [2.24, 2.45) is 0 Å². The Balaban J connectivity index is 2.21. The number of rotatable bonds is 13. The van der Waals surface area contributed by atoms with Crippen molar-refractivity contribution in [1.82, 2.24) is 9.55 Å². The van der Waals surface area contributed by atoms with Crippen LogP contribution in [0.3, 0.4) is 0 Å². The molecule has 0 saturated carbocycles. The molecule has 0 N–H and O–H groups in total. The Morgan fingerprint density at radius 3 is 2.35 bits per heavy atom. The molecule has 0 saturated heterocycles. The summed E-state index contributed by atoms with van der Waals surface area (Å²) in [5.74, 6) is 2.53. The molecule has 0 aliphatic rings. The first-order chi connectivity index (χ1) is 11.0. The molecule has 0 aliphatic heterocycles. The highest BCUT2D eigenvalue weighted by Gasteiger charge is 2.16. The summed E-state index contributed by atoms with van der Waals surface area (Å²) in [5.41, 5.74) is 0. The van der Waals surface area contributed by atoms with Crippen molar-refractivity contribution in [2.45, 2.75) is 89.2 Å². The minimum Gasteiger partial charge on any atom is -0.336 e. The highest BCUT2D eigenvalue weighted by molar-refractivity contribution is 8.04. The summed E-state index contributed by atoms with van der Waals surface area (Å²) >= 11 is 4.25. The van der Waals surface area contributed by atoms with Gasteiger partial charge in [0.25, 0.3) is 0 Å². The molecule has 2 nitrogen and oxygen atoms in total. The first-order valence-corrected chi connectivity index (χ1v) is 11.3.